The Morgan fingerprint density at radius 3 is 2.45 bits per heavy atom. The molecule has 40 heavy (non-hydrogen) atoms. The first-order valence-corrected chi connectivity index (χ1v) is 12.8. The lowest BCUT2D eigenvalue weighted by Gasteiger charge is -2.53. The van der Waals surface area contributed by atoms with Gasteiger partial charge in [-0.15, -0.1) is 0 Å². The van der Waals surface area contributed by atoms with Crippen LogP contribution in [0.2, 0.25) is 0 Å². The van der Waals surface area contributed by atoms with Gasteiger partial charge in [-0.3, -0.25) is 9.59 Å². The minimum absolute atomic E-state index is 0.0264. The highest BCUT2D eigenvalue weighted by Crippen LogP contribution is 2.54. The average molecular weight is 554 g/mol. The predicted molar refractivity (Wildman–Crippen MR) is 134 cm³/mol. The Bertz CT molecular complexity index is 1560. The van der Waals surface area contributed by atoms with Gasteiger partial charge in [0.15, 0.2) is 11.8 Å². The zero-order valence-corrected chi connectivity index (χ0v) is 22.2. The van der Waals surface area contributed by atoms with Gasteiger partial charge in [0, 0.05) is 29.5 Å². The van der Waals surface area contributed by atoms with Gasteiger partial charge in [-0.1, -0.05) is 0 Å². The van der Waals surface area contributed by atoms with Crippen molar-refractivity contribution in [2.75, 3.05) is 14.1 Å². The third-order valence-electron chi connectivity index (χ3n) is 8.59. The number of rotatable bonds is 2. The van der Waals surface area contributed by atoms with Gasteiger partial charge in [0.25, 0.3) is 0 Å². The molecular weight excluding hydrogens is 524 g/mol. The van der Waals surface area contributed by atoms with Crippen molar-refractivity contribution >= 4 is 11.6 Å². The number of hydrogen-bond acceptors (Lipinski definition) is 12. The van der Waals surface area contributed by atoms with E-state index in [1.807, 2.05) is 0 Å². The van der Waals surface area contributed by atoms with Crippen LogP contribution in [-0.2, 0) is 16.8 Å². The van der Waals surface area contributed by atoms with Crippen molar-refractivity contribution in [3.8, 4) is 17.2 Å². The second kappa shape index (κ2) is 8.40. The zero-order valence-electron chi connectivity index (χ0n) is 22.2. The largest absolute Gasteiger partial charge is 0.507 e. The van der Waals surface area contributed by atoms with Crippen molar-refractivity contribution in [1.82, 2.24) is 9.81 Å². The highest BCUT2D eigenvalue weighted by atomic mass is 16.7. The lowest BCUT2D eigenvalue weighted by molar-refractivity contribution is -0.311. The molecule has 7 unspecified atom stereocenters. The Hall–Kier alpha value is -3.71. The summed E-state index contributed by atoms with van der Waals surface area (Å²) in [7, 11) is 3.35. The van der Waals surface area contributed by atoms with Gasteiger partial charge < -0.3 is 39.9 Å². The van der Waals surface area contributed by atoms with Crippen LogP contribution in [0.15, 0.2) is 17.2 Å². The number of likely N-dealkylation sites (N-methyl/N-ethyl adjacent to an activating group) is 1. The van der Waals surface area contributed by atoms with Gasteiger partial charge >= 0.3 is 0 Å². The van der Waals surface area contributed by atoms with Crippen LogP contribution in [0.25, 0.3) is 0 Å². The molecule has 6 N–H and O–H groups in total. The molecule has 4 aliphatic rings. The Kier molecular flexibility index (Phi) is 5.57. The van der Waals surface area contributed by atoms with Crippen LogP contribution in [0, 0.1) is 5.53 Å². The maximum atomic E-state index is 14.1. The van der Waals surface area contributed by atoms with Crippen LogP contribution in [-0.4, -0.2) is 86.2 Å². The number of ketones is 2. The van der Waals surface area contributed by atoms with Crippen LogP contribution >= 0.6 is 0 Å². The van der Waals surface area contributed by atoms with E-state index in [1.165, 1.54) is 12.1 Å². The summed E-state index contributed by atoms with van der Waals surface area (Å²) in [6.45, 7) is 3.11. The second-order valence-corrected chi connectivity index (χ2v) is 11.6. The summed E-state index contributed by atoms with van der Waals surface area (Å²) in [6.07, 6.45) is -3.86. The number of aromatic hydroxyl groups is 2. The van der Waals surface area contributed by atoms with Crippen LogP contribution in [0.1, 0.15) is 74.8 Å². The number of aliphatic hydroxyl groups excluding tert-OH is 2. The van der Waals surface area contributed by atoms with Gasteiger partial charge in [0.05, 0.1) is 28.3 Å². The molecule has 2 heterocycles. The predicted octanol–water partition coefficient (Wildman–Crippen LogP) is 0.778. The van der Waals surface area contributed by atoms with Crippen molar-refractivity contribution in [2.24, 2.45) is 5.11 Å². The van der Waals surface area contributed by atoms with Crippen LogP contribution in [0.3, 0.4) is 0 Å². The first-order chi connectivity index (χ1) is 18.7. The first-order valence-electron chi connectivity index (χ1n) is 12.8. The minimum atomic E-state index is -1.52. The van der Waals surface area contributed by atoms with Crippen LogP contribution in [0.4, 0.5) is 0 Å². The number of hydrogen-bond donors (Lipinski definition) is 6. The molecule has 0 radical (unpaired) electrons. The highest BCUT2D eigenvalue weighted by molar-refractivity contribution is 6.31. The van der Waals surface area contributed by atoms with E-state index in [0.717, 1.165) is 0 Å². The lowest BCUT2D eigenvalue weighted by atomic mass is 9.72. The fourth-order valence-electron chi connectivity index (χ4n) is 6.76. The van der Waals surface area contributed by atoms with E-state index < -0.39 is 70.4 Å². The zero-order chi connectivity index (χ0) is 29.0. The van der Waals surface area contributed by atoms with Gasteiger partial charge in [0.2, 0.25) is 17.0 Å². The van der Waals surface area contributed by atoms with Crippen molar-refractivity contribution in [1.29, 1.82) is 5.53 Å². The van der Waals surface area contributed by atoms with Gasteiger partial charge in [-0.25, -0.2) is 0 Å². The highest BCUT2D eigenvalue weighted by Gasteiger charge is 2.59. The SMILES string of the molecule is CN(C)C1C(O)C2Oc3c(cc(O)c4c3C(=O)c3cc5c(c(O)c3C4=O)C(N=[N+]=N)CC(C)(O)C5)C(C)(O2)C1O. The lowest BCUT2D eigenvalue weighted by Crippen LogP contribution is -2.68. The molecule has 2 aliphatic heterocycles. The molecule has 0 aromatic heterocycles. The van der Waals surface area contributed by atoms with Crippen molar-refractivity contribution in [2.45, 2.75) is 68.5 Å². The van der Waals surface area contributed by atoms with E-state index in [-0.39, 0.29) is 46.4 Å². The summed E-state index contributed by atoms with van der Waals surface area (Å²) in [6, 6.07) is 0.851. The smallest absolute Gasteiger partial charge is 0.228 e. The van der Waals surface area contributed by atoms with Crippen LogP contribution in [0.5, 0.6) is 17.2 Å². The number of nitrogens with zero attached hydrogens (tertiary/aromatic N) is 3. The fraction of sp³-hybridized carbons (Fsp3) is 0.481. The molecule has 2 aromatic rings. The number of phenols is 2. The fourth-order valence-corrected chi connectivity index (χ4v) is 6.76. The Morgan fingerprint density at radius 2 is 1.80 bits per heavy atom. The monoisotopic (exact) mass is 553 g/mol. The normalized spacial score (nSPS) is 33.8. The quantitative estimate of drug-likeness (QED) is 0.194. The van der Waals surface area contributed by atoms with Gasteiger partial charge in [0.1, 0.15) is 45.7 Å². The molecule has 2 aliphatic carbocycles. The molecule has 1 saturated heterocycles. The third kappa shape index (κ3) is 3.36. The standard InChI is InChI=1S/C27H28N4O9/c1-26(38)7-9-5-10-15(20(34)14(9)12(8-26)29-30-28)21(35)16-13(32)6-11-23(17(16)19(10)33)39-25-22(36)18(31(3)4)24(37)27(11,2)40-25/h5-6,12,18,22,24-25,28,36-38H,7-8H2,1-4H3,(H-,32,34,35)/p+1. The number of fused-ring (bicyclic) bond motifs is 8. The van der Waals surface area contributed by atoms with Gasteiger partial charge in [-0.2, -0.15) is 0 Å². The number of benzene rings is 2. The van der Waals surface area contributed by atoms with E-state index in [4.69, 9.17) is 15.0 Å². The van der Waals surface area contributed by atoms with E-state index >= 15 is 0 Å². The number of nitrogens with one attached hydrogen (secondary N) is 1. The molecule has 1 fully saturated rings. The van der Waals surface area contributed by atoms with Gasteiger partial charge in [-0.05, 0) is 45.6 Å². The second-order valence-electron chi connectivity index (χ2n) is 11.6. The molecule has 0 saturated carbocycles. The summed E-state index contributed by atoms with van der Waals surface area (Å²) in [5, 5.41) is 59.2. The minimum Gasteiger partial charge on any atom is -0.507 e. The number of phenolic OH excluding ortho intramolecular Hbond substituents is 2. The maximum absolute atomic E-state index is 14.1. The Labute approximate surface area is 227 Å². The van der Waals surface area contributed by atoms with E-state index in [0.29, 0.717) is 5.56 Å². The van der Waals surface area contributed by atoms with E-state index in [2.05, 4.69) is 10.0 Å². The van der Waals surface area contributed by atoms with Crippen molar-refractivity contribution < 1.29 is 44.6 Å². The number of ether oxygens (including phenoxy) is 2. The number of carbonyl (C=O) groups is 2. The molecule has 13 nitrogen and oxygen atoms in total. The maximum Gasteiger partial charge on any atom is 0.228 e. The van der Waals surface area contributed by atoms with E-state index in [1.54, 1.807) is 32.8 Å². The third-order valence-corrected chi connectivity index (χ3v) is 8.59. The molecule has 7 atom stereocenters. The van der Waals surface area contributed by atoms with Crippen LogP contribution < -0.4 is 9.65 Å². The molecule has 13 heteroatoms. The van der Waals surface area contributed by atoms with Crippen molar-refractivity contribution in [3.63, 3.8) is 0 Å². The Morgan fingerprint density at radius 1 is 1.10 bits per heavy atom. The molecular formula is C27H29N4O9+. The molecule has 6 rings (SSSR count). The number of aliphatic hydroxyl groups is 3. The summed E-state index contributed by atoms with van der Waals surface area (Å²) in [4.78, 5) is 32.6. The molecule has 2 aromatic carbocycles. The summed E-state index contributed by atoms with van der Waals surface area (Å²) in [5.41, 5.74) is 3.83. The average Bonchev–Trinajstić information content (AvgIpc) is 2.85. The topological polar surface area (TPSA) is 207 Å². The van der Waals surface area contributed by atoms with E-state index in [9.17, 15) is 35.1 Å². The summed E-state index contributed by atoms with van der Waals surface area (Å²) in [5.74, 6) is -2.81. The molecule has 0 amide bonds. The Balaban J connectivity index is 1.58. The molecule has 0 spiro atoms. The summed E-state index contributed by atoms with van der Waals surface area (Å²) >= 11 is 0. The molecule has 210 valence electrons. The first kappa shape index (κ1) is 26.5. The molecule has 2 bridgehead atoms. The van der Waals surface area contributed by atoms with Crippen molar-refractivity contribution in [3.05, 3.63) is 51.1 Å². The summed E-state index contributed by atoms with van der Waals surface area (Å²) < 4.78 is 11.9. The number of carbonyl (C=O) groups excluding carboxylic acids is 2.